The smallest absolute Gasteiger partial charge is 0.230 e. The van der Waals surface area contributed by atoms with Gasteiger partial charge in [0, 0.05) is 11.2 Å². The zero-order valence-electron chi connectivity index (χ0n) is 14.1. The number of thioether (sulfide) groups is 1. The van der Waals surface area contributed by atoms with E-state index in [0.717, 1.165) is 15.2 Å². The molecule has 1 aromatic heterocycles. The van der Waals surface area contributed by atoms with Crippen molar-refractivity contribution >= 4 is 39.8 Å². The fourth-order valence-corrected chi connectivity index (χ4v) is 3.47. The lowest BCUT2D eigenvalue weighted by Crippen LogP contribution is -2.41. The Bertz CT molecular complexity index is 692. The van der Waals surface area contributed by atoms with Gasteiger partial charge < -0.3 is 10.6 Å². The van der Waals surface area contributed by atoms with Crippen molar-refractivity contribution in [2.75, 3.05) is 11.1 Å². The van der Waals surface area contributed by atoms with Gasteiger partial charge in [0.05, 0.1) is 5.75 Å². The van der Waals surface area contributed by atoms with Gasteiger partial charge in [0.2, 0.25) is 11.0 Å². The Morgan fingerprint density at radius 1 is 1.26 bits per heavy atom. The number of aryl methyl sites for hydroxylation is 1. The number of benzene rings is 1. The van der Waals surface area contributed by atoms with E-state index in [1.165, 1.54) is 34.2 Å². The van der Waals surface area contributed by atoms with E-state index in [-0.39, 0.29) is 11.4 Å². The van der Waals surface area contributed by atoms with Crippen molar-refractivity contribution in [3.8, 4) is 0 Å². The molecule has 1 amide bonds. The highest BCUT2D eigenvalue weighted by Gasteiger charge is 2.15. The molecule has 2 rings (SSSR count). The molecule has 23 heavy (non-hydrogen) atoms. The number of anilines is 2. The molecule has 124 valence electrons. The van der Waals surface area contributed by atoms with E-state index in [4.69, 9.17) is 0 Å². The number of carbonyl (C=O) groups is 1. The second-order valence-corrected chi connectivity index (χ2v) is 8.53. The van der Waals surface area contributed by atoms with Gasteiger partial charge in [0.25, 0.3) is 0 Å². The highest BCUT2D eigenvalue weighted by Crippen LogP contribution is 2.29. The van der Waals surface area contributed by atoms with Crippen molar-refractivity contribution < 1.29 is 4.79 Å². The molecule has 0 radical (unpaired) electrons. The Balaban J connectivity index is 1.93. The van der Waals surface area contributed by atoms with Crippen LogP contribution in [0, 0.1) is 13.8 Å². The normalized spacial score (nSPS) is 11.3. The Morgan fingerprint density at radius 2 is 2.00 bits per heavy atom. The molecule has 0 unspecified atom stereocenters. The molecule has 0 aliphatic carbocycles. The van der Waals surface area contributed by atoms with Crippen molar-refractivity contribution in [3.05, 3.63) is 29.3 Å². The van der Waals surface area contributed by atoms with Gasteiger partial charge in [0.15, 0.2) is 4.34 Å². The molecule has 1 aromatic carbocycles. The maximum absolute atomic E-state index is 11.8. The van der Waals surface area contributed by atoms with E-state index >= 15 is 0 Å². The lowest BCUT2D eigenvalue weighted by molar-refractivity contribution is -0.119. The van der Waals surface area contributed by atoms with E-state index in [0.29, 0.717) is 5.75 Å². The first-order valence-electron chi connectivity index (χ1n) is 7.35. The fourth-order valence-electron chi connectivity index (χ4n) is 1.90. The maximum atomic E-state index is 11.8. The van der Waals surface area contributed by atoms with Crippen LogP contribution in [0.2, 0.25) is 0 Å². The van der Waals surface area contributed by atoms with Crippen LogP contribution in [0.1, 0.15) is 31.9 Å². The number of carbonyl (C=O) groups excluding carboxylic acids is 1. The molecule has 0 bridgehead atoms. The number of rotatable bonds is 5. The molecular weight excluding hydrogens is 328 g/mol. The third kappa shape index (κ3) is 5.51. The second kappa shape index (κ2) is 7.31. The number of nitrogens with one attached hydrogen (secondary N) is 2. The molecule has 0 spiro atoms. The first-order chi connectivity index (χ1) is 10.7. The Morgan fingerprint density at radius 3 is 2.70 bits per heavy atom. The molecule has 0 saturated carbocycles. The predicted molar refractivity (Wildman–Crippen MR) is 97.7 cm³/mol. The van der Waals surface area contributed by atoms with Gasteiger partial charge in [0.1, 0.15) is 0 Å². The van der Waals surface area contributed by atoms with Crippen LogP contribution in [-0.4, -0.2) is 27.4 Å². The molecule has 2 N–H and O–H groups in total. The Labute approximate surface area is 145 Å². The van der Waals surface area contributed by atoms with E-state index in [2.05, 4.69) is 40.7 Å². The molecule has 0 aliphatic rings. The zero-order valence-corrected chi connectivity index (χ0v) is 15.7. The first-order valence-corrected chi connectivity index (χ1v) is 9.15. The van der Waals surface area contributed by atoms with E-state index in [1.54, 1.807) is 0 Å². The van der Waals surface area contributed by atoms with Crippen molar-refractivity contribution in [1.29, 1.82) is 0 Å². The summed E-state index contributed by atoms with van der Waals surface area (Å²) in [6, 6.07) is 6.11. The lowest BCUT2D eigenvalue weighted by Gasteiger charge is -2.19. The minimum absolute atomic E-state index is 0.00161. The lowest BCUT2D eigenvalue weighted by atomic mass is 10.1. The van der Waals surface area contributed by atoms with Crippen LogP contribution >= 0.6 is 23.1 Å². The SMILES string of the molecule is Cc1cccc(Nc2nnc(SCC(=O)NC(C)(C)C)s2)c1C. The summed E-state index contributed by atoms with van der Waals surface area (Å²) >= 11 is 2.85. The van der Waals surface area contributed by atoms with Crippen molar-refractivity contribution in [1.82, 2.24) is 15.5 Å². The Kier molecular flexibility index (Phi) is 5.64. The molecule has 2 aromatic rings. The minimum Gasteiger partial charge on any atom is -0.351 e. The fraction of sp³-hybridized carbons (Fsp3) is 0.438. The second-order valence-electron chi connectivity index (χ2n) is 6.33. The van der Waals surface area contributed by atoms with Crippen molar-refractivity contribution in [2.24, 2.45) is 0 Å². The third-order valence-corrected chi connectivity index (χ3v) is 5.07. The highest BCUT2D eigenvalue weighted by molar-refractivity contribution is 8.01. The average Bonchev–Trinajstić information content (AvgIpc) is 2.87. The molecule has 7 heteroatoms. The van der Waals surface area contributed by atoms with Gasteiger partial charge in [-0.2, -0.15) is 0 Å². The highest BCUT2D eigenvalue weighted by atomic mass is 32.2. The summed E-state index contributed by atoms with van der Waals surface area (Å²) in [7, 11) is 0. The van der Waals surface area contributed by atoms with Crippen LogP contribution in [0.3, 0.4) is 0 Å². The van der Waals surface area contributed by atoms with Crippen LogP contribution in [0.5, 0.6) is 0 Å². The van der Waals surface area contributed by atoms with Crippen LogP contribution in [0.25, 0.3) is 0 Å². The average molecular weight is 351 g/mol. The topological polar surface area (TPSA) is 66.9 Å². The monoisotopic (exact) mass is 350 g/mol. The number of hydrogen-bond donors (Lipinski definition) is 2. The number of nitrogens with zero attached hydrogens (tertiary/aromatic N) is 2. The van der Waals surface area contributed by atoms with Gasteiger partial charge in [-0.15, -0.1) is 10.2 Å². The molecule has 0 fully saturated rings. The van der Waals surface area contributed by atoms with Gasteiger partial charge in [-0.3, -0.25) is 4.79 Å². The van der Waals surface area contributed by atoms with E-state index < -0.39 is 0 Å². The summed E-state index contributed by atoms with van der Waals surface area (Å²) in [6.07, 6.45) is 0. The maximum Gasteiger partial charge on any atom is 0.230 e. The molecule has 5 nitrogen and oxygen atoms in total. The zero-order chi connectivity index (χ0) is 17.0. The van der Waals surface area contributed by atoms with E-state index in [1.807, 2.05) is 32.9 Å². The van der Waals surface area contributed by atoms with Crippen LogP contribution in [0.15, 0.2) is 22.5 Å². The van der Waals surface area contributed by atoms with Crippen molar-refractivity contribution in [2.45, 2.75) is 44.5 Å². The summed E-state index contributed by atoms with van der Waals surface area (Å²) in [4.78, 5) is 11.8. The standard InChI is InChI=1S/C16H22N4OS2/c1-10-7-6-8-12(11(10)2)17-14-19-20-15(23-14)22-9-13(21)18-16(3,4)5/h6-8H,9H2,1-5H3,(H,17,19)(H,18,21). The Hall–Kier alpha value is -1.60. The largest absolute Gasteiger partial charge is 0.351 e. The molecule has 0 aliphatic heterocycles. The van der Waals surface area contributed by atoms with Crippen LogP contribution in [0.4, 0.5) is 10.8 Å². The van der Waals surface area contributed by atoms with Gasteiger partial charge in [-0.25, -0.2) is 0 Å². The predicted octanol–water partition coefficient (Wildman–Crippen LogP) is 3.91. The van der Waals surface area contributed by atoms with Gasteiger partial charge in [-0.05, 0) is 51.8 Å². The summed E-state index contributed by atoms with van der Waals surface area (Å²) in [5.41, 5.74) is 3.24. The summed E-state index contributed by atoms with van der Waals surface area (Å²) in [5, 5.41) is 15.2. The quantitative estimate of drug-likeness (QED) is 0.801. The molecule has 1 heterocycles. The van der Waals surface area contributed by atoms with Gasteiger partial charge >= 0.3 is 0 Å². The van der Waals surface area contributed by atoms with E-state index in [9.17, 15) is 4.79 Å². The number of hydrogen-bond acceptors (Lipinski definition) is 6. The molecule has 0 atom stereocenters. The summed E-state index contributed by atoms with van der Waals surface area (Å²) in [5.74, 6) is 0.344. The summed E-state index contributed by atoms with van der Waals surface area (Å²) in [6.45, 7) is 10.0. The van der Waals surface area contributed by atoms with Crippen molar-refractivity contribution in [3.63, 3.8) is 0 Å². The van der Waals surface area contributed by atoms with Crippen LogP contribution < -0.4 is 10.6 Å². The summed E-state index contributed by atoms with van der Waals surface area (Å²) < 4.78 is 0.780. The first kappa shape index (κ1) is 17.7. The molecule has 0 saturated heterocycles. The minimum atomic E-state index is -0.214. The number of amides is 1. The number of aromatic nitrogens is 2. The third-order valence-electron chi connectivity index (χ3n) is 3.09. The van der Waals surface area contributed by atoms with Gasteiger partial charge in [-0.1, -0.05) is 35.2 Å². The molecular formula is C16H22N4OS2. The van der Waals surface area contributed by atoms with Crippen LogP contribution in [-0.2, 0) is 4.79 Å².